The van der Waals surface area contributed by atoms with Gasteiger partial charge in [0.1, 0.15) is 5.69 Å². The number of fused-ring (bicyclic) bond motifs is 1. The van der Waals surface area contributed by atoms with Crippen molar-refractivity contribution in [1.29, 1.82) is 0 Å². The van der Waals surface area contributed by atoms with Crippen molar-refractivity contribution in [2.24, 2.45) is 14.1 Å². The van der Waals surface area contributed by atoms with Gasteiger partial charge in [-0.25, -0.2) is 14.8 Å². The van der Waals surface area contributed by atoms with Crippen LogP contribution in [0.4, 0.5) is 0 Å². The predicted octanol–water partition coefficient (Wildman–Crippen LogP) is 0.567. The maximum atomic E-state index is 12.6. The van der Waals surface area contributed by atoms with Gasteiger partial charge < -0.3 is 0 Å². The maximum Gasteiger partial charge on any atom is 0.332 e. The van der Waals surface area contributed by atoms with Gasteiger partial charge in [-0.1, -0.05) is 30.3 Å². The third-order valence-electron chi connectivity index (χ3n) is 3.70. The molecule has 1 aromatic carbocycles. The summed E-state index contributed by atoms with van der Waals surface area (Å²) in [4.78, 5) is 45.2. The smallest absolute Gasteiger partial charge is 0.287 e. The van der Waals surface area contributed by atoms with E-state index in [2.05, 4.69) is 9.97 Å². The molecule has 7 nitrogen and oxygen atoms in total. The van der Waals surface area contributed by atoms with Crippen LogP contribution in [0.1, 0.15) is 21.7 Å². The van der Waals surface area contributed by atoms with E-state index in [9.17, 15) is 14.4 Å². The lowest BCUT2D eigenvalue weighted by Gasteiger charge is -2.09. The van der Waals surface area contributed by atoms with Gasteiger partial charge >= 0.3 is 5.69 Å². The average Bonchev–Trinajstić information content (AvgIpc) is 2.58. The van der Waals surface area contributed by atoms with Gasteiger partial charge in [-0.05, 0) is 6.92 Å². The molecule has 0 aliphatic carbocycles. The minimum absolute atomic E-state index is 0.000480. The summed E-state index contributed by atoms with van der Waals surface area (Å²) in [6.45, 7) is 1.63. The highest BCUT2D eigenvalue weighted by molar-refractivity contribution is 6.08. The summed E-state index contributed by atoms with van der Waals surface area (Å²) >= 11 is 0. The van der Waals surface area contributed by atoms with Crippen molar-refractivity contribution in [3.8, 4) is 0 Å². The average molecular weight is 310 g/mol. The lowest BCUT2D eigenvalue weighted by atomic mass is 10.1. The van der Waals surface area contributed by atoms with Crippen LogP contribution in [0.5, 0.6) is 0 Å². The second-order valence-corrected chi connectivity index (χ2v) is 5.23. The third kappa shape index (κ3) is 2.26. The Hall–Kier alpha value is -3.09. The fourth-order valence-corrected chi connectivity index (χ4v) is 2.39. The number of hydrogen-bond acceptors (Lipinski definition) is 5. The second-order valence-electron chi connectivity index (χ2n) is 5.23. The monoisotopic (exact) mass is 310 g/mol. The van der Waals surface area contributed by atoms with Crippen molar-refractivity contribution in [3.63, 3.8) is 0 Å². The zero-order valence-electron chi connectivity index (χ0n) is 12.9. The molecule has 0 aliphatic heterocycles. The van der Waals surface area contributed by atoms with Gasteiger partial charge in [0.25, 0.3) is 5.56 Å². The Morgan fingerprint density at radius 3 is 2.30 bits per heavy atom. The van der Waals surface area contributed by atoms with Crippen molar-refractivity contribution in [3.05, 3.63) is 68.1 Å². The van der Waals surface area contributed by atoms with Crippen molar-refractivity contribution >= 4 is 16.9 Å². The Kier molecular flexibility index (Phi) is 3.40. The molecule has 0 N–H and O–H groups in total. The van der Waals surface area contributed by atoms with E-state index in [4.69, 9.17) is 0 Å². The summed E-state index contributed by atoms with van der Waals surface area (Å²) in [5.74, 6) is -0.312. The normalized spacial score (nSPS) is 10.9. The molecule has 0 unspecified atom stereocenters. The fraction of sp³-hybridized carbons (Fsp3) is 0.188. The molecular weight excluding hydrogens is 296 g/mol. The largest absolute Gasteiger partial charge is 0.332 e. The van der Waals surface area contributed by atoms with Crippen molar-refractivity contribution in [2.45, 2.75) is 6.92 Å². The molecule has 23 heavy (non-hydrogen) atoms. The number of benzene rings is 1. The molecule has 7 heteroatoms. The van der Waals surface area contributed by atoms with E-state index in [-0.39, 0.29) is 22.6 Å². The lowest BCUT2D eigenvalue weighted by Crippen LogP contribution is -2.38. The Balaban J connectivity index is 2.33. The molecular formula is C16H14N4O3. The topological polar surface area (TPSA) is 86.8 Å². The molecule has 0 fully saturated rings. The summed E-state index contributed by atoms with van der Waals surface area (Å²) in [6.07, 6.45) is 0. The predicted molar refractivity (Wildman–Crippen MR) is 84.6 cm³/mol. The molecule has 0 amide bonds. The highest BCUT2D eigenvalue weighted by Crippen LogP contribution is 2.13. The first-order chi connectivity index (χ1) is 10.9. The van der Waals surface area contributed by atoms with E-state index in [1.54, 1.807) is 37.3 Å². The molecule has 3 rings (SSSR count). The zero-order valence-corrected chi connectivity index (χ0v) is 12.9. The number of ketones is 1. The minimum atomic E-state index is -0.572. The zero-order chi connectivity index (χ0) is 16.7. The summed E-state index contributed by atoms with van der Waals surface area (Å²) < 4.78 is 2.19. The molecule has 0 radical (unpaired) electrons. The molecule has 116 valence electrons. The van der Waals surface area contributed by atoms with Gasteiger partial charge in [0.05, 0.1) is 5.69 Å². The summed E-state index contributed by atoms with van der Waals surface area (Å²) in [7, 11) is 2.88. The van der Waals surface area contributed by atoms with Crippen LogP contribution in [0.25, 0.3) is 11.2 Å². The summed E-state index contributed by atoms with van der Waals surface area (Å²) in [5, 5.41) is 0. The van der Waals surface area contributed by atoms with Gasteiger partial charge in [0.2, 0.25) is 5.78 Å². The first-order valence-electron chi connectivity index (χ1n) is 6.96. The SMILES string of the molecule is Cc1nc2c(nc1C(=O)c1ccccc1)c(=O)n(C)c(=O)n2C. The van der Waals surface area contributed by atoms with E-state index < -0.39 is 11.2 Å². The molecule has 0 saturated heterocycles. The van der Waals surface area contributed by atoms with Gasteiger partial charge in [-0.3, -0.25) is 18.7 Å². The first-order valence-corrected chi connectivity index (χ1v) is 6.96. The van der Waals surface area contributed by atoms with Crippen LogP contribution >= 0.6 is 0 Å². The molecule has 0 atom stereocenters. The molecule has 2 aromatic heterocycles. The second kappa shape index (κ2) is 5.28. The van der Waals surface area contributed by atoms with E-state index in [1.807, 2.05) is 0 Å². The van der Waals surface area contributed by atoms with E-state index >= 15 is 0 Å². The number of carbonyl (C=O) groups excluding carboxylic acids is 1. The molecule has 0 spiro atoms. The van der Waals surface area contributed by atoms with Crippen LogP contribution in [0, 0.1) is 6.92 Å². The van der Waals surface area contributed by atoms with Gasteiger partial charge in [0.15, 0.2) is 11.2 Å². The number of rotatable bonds is 2. The quantitative estimate of drug-likeness (QED) is 0.646. The van der Waals surface area contributed by atoms with E-state index in [0.717, 1.165) is 4.57 Å². The Morgan fingerprint density at radius 1 is 1.00 bits per heavy atom. The molecule has 2 heterocycles. The number of aromatic nitrogens is 4. The van der Waals surface area contributed by atoms with E-state index in [0.29, 0.717) is 11.3 Å². The Morgan fingerprint density at radius 2 is 1.65 bits per heavy atom. The van der Waals surface area contributed by atoms with Crippen LogP contribution in [0.15, 0.2) is 39.9 Å². The van der Waals surface area contributed by atoms with Crippen LogP contribution in [-0.2, 0) is 14.1 Å². The van der Waals surface area contributed by atoms with Crippen LogP contribution in [-0.4, -0.2) is 24.9 Å². The Bertz CT molecular complexity index is 1050. The fourth-order valence-electron chi connectivity index (χ4n) is 2.39. The maximum absolute atomic E-state index is 12.6. The van der Waals surface area contributed by atoms with Crippen molar-refractivity contribution < 1.29 is 4.79 Å². The lowest BCUT2D eigenvalue weighted by molar-refractivity contribution is 0.103. The summed E-state index contributed by atoms with van der Waals surface area (Å²) in [5.41, 5.74) is 0.0516. The van der Waals surface area contributed by atoms with Crippen molar-refractivity contribution in [2.75, 3.05) is 0 Å². The summed E-state index contributed by atoms with van der Waals surface area (Å²) in [6, 6.07) is 8.65. The van der Waals surface area contributed by atoms with Crippen molar-refractivity contribution in [1.82, 2.24) is 19.1 Å². The number of hydrogen-bond donors (Lipinski definition) is 0. The standard InChI is InChI=1S/C16H14N4O3/c1-9-11(13(21)10-7-5-4-6-8-10)18-12-14(17-9)19(2)16(23)20(3)15(12)22/h4-8H,1-3H3. The number of aryl methyl sites for hydroxylation is 2. The van der Waals surface area contributed by atoms with Crippen LogP contribution in [0.2, 0.25) is 0 Å². The molecule has 0 bridgehead atoms. The van der Waals surface area contributed by atoms with E-state index in [1.165, 1.54) is 18.7 Å². The van der Waals surface area contributed by atoms with Crippen LogP contribution < -0.4 is 11.2 Å². The third-order valence-corrected chi connectivity index (χ3v) is 3.70. The van der Waals surface area contributed by atoms with Crippen LogP contribution in [0.3, 0.4) is 0 Å². The first kappa shape index (κ1) is 14.8. The number of carbonyl (C=O) groups is 1. The number of nitrogens with zero attached hydrogens (tertiary/aromatic N) is 4. The molecule has 3 aromatic rings. The highest BCUT2D eigenvalue weighted by Gasteiger charge is 2.19. The van der Waals surface area contributed by atoms with Gasteiger partial charge in [0, 0.05) is 19.7 Å². The van der Waals surface area contributed by atoms with Gasteiger partial charge in [-0.15, -0.1) is 0 Å². The molecule has 0 saturated carbocycles. The highest BCUT2D eigenvalue weighted by atomic mass is 16.2. The van der Waals surface area contributed by atoms with Gasteiger partial charge in [-0.2, -0.15) is 0 Å². The molecule has 0 aliphatic rings. The minimum Gasteiger partial charge on any atom is -0.287 e. The Labute approximate surface area is 130 Å².